The van der Waals surface area contributed by atoms with Gasteiger partial charge in [-0.1, -0.05) is 0 Å². The molecule has 0 rings (SSSR count). The van der Waals surface area contributed by atoms with E-state index in [1.807, 2.05) is 0 Å². The first-order chi connectivity index (χ1) is 2.00. The molecule has 0 atom stereocenters. The summed E-state index contributed by atoms with van der Waals surface area (Å²) in [5.74, 6) is 0. The molecule has 2 N–H and O–H groups in total. The van der Waals surface area contributed by atoms with Gasteiger partial charge >= 0.3 is 65.5 Å². The van der Waals surface area contributed by atoms with E-state index in [0.717, 1.165) is 0 Å². The fraction of sp³-hybridized carbons (Fsp3) is 0. The Kier molecular flexibility index (Phi) is 13.1. The second-order valence-electron chi connectivity index (χ2n) is 0.448. The number of rotatable bonds is 0. The van der Waals surface area contributed by atoms with Gasteiger partial charge < -0.3 is 0 Å². The summed E-state index contributed by atoms with van der Waals surface area (Å²) < 4.78 is 31.6. The Hall–Kier alpha value is 1.66. The Morgan fingerprint density at radius 2 is 1.14 bits per heavy atom. The van der Waals surface area contributed by atoms with E-state index in [-0.39, 0.29) is 55.1 Å². The topological polar surface area (TPSA) is 74.6 Å². The summed E-state index contributed by atoms with van der Waals surface area (Å²) in [6.07, 6.45) is 0. The van der Waals surface area contributed by atoms with Crippen molar-refractivity contribution in [3.8, 4) is 0 Å². The summed E-state index contributed by atoms with van der Waals surface area (Å²) in [6, 6.07) is 0. The van der Waals surface area contributed by atoms with E-state index in [0.29, 0.717) is 0 Å². The number of hydrogen-bond donors (Lipinski definition) is 2. The van der Waals surface area contributed by atoms with Crippen molar-refractivity contribution in [2.24, 2.45) is 0 Å². The van der Waals surface area contributed by atoms with Crippen LogP contribution in [0.5, 0.6) is 0 Å². The minimum Gasteiger partial charge on any atom is -0.264 e. The van der Waals surface area contributed by atoms with Crippen molar-refractivity contribution in [1.29, 1.82) is 0 Å². The summed E-state index contributed by atoms with van der Waals surface area (Å²) >= 11 is 0. The van der Waals surface area contributed by atoms with Crippen LogP contribution in [0.4, 0.5) is 0 Å². The van der Waals surface area contributed by atoms with Gasteiger partial charge in [-0.15, -0.1) is 0 Å². The Labute approximate surface area is 82.0 Å². The molecule has 0 bridgehead atoms. The van der Waals surface area contributed by atoms with Crippen LogP contribution in [0.25, 0.3) is 0 Å². The third kappa shape index (κ3) is 88.9. The first kappa shape index (κ1) is 15.9. The second kappa shape index (κ2) is 5.79. The monoisotopic (exact) mass is 165 g/mol. The van der Waals surface area contributed by atoms with E-state index in [2.05, 4.69) is 0 Å². The molecule has 0 fully saturated rings. The molecular formula is H2AlCaO4S+5. The predicted molar refractivity (Wildman–Crippen MR) is 25.7 cm³/mol. The van der Waals surface area contributed by atoms with Gasteiger partial charge in [-0.25, -0.2) is 0 Å². The third-order valence-electron chi connectivity index (χ3n) is 0. The molecule has 4 nitrogen and oxygen atoms in total. The van der Waals surface area contributed by atoms with Crippen LogP contribution in [0, 0.1) is 0 Å². The summed E-state index contributed by atoms with van der Waals surface area (Å²) in [7, 11) is -4.67. The molecule has 0 aliphatic heterocycles. The summed E-state index contributed by atoms with van der Waals surface area (Å²) in [4.78, 5) is 0. The molecule has 0 spiro atoms. The molecule has 0 aliphatic rings. The Morgan fingerprint density at radius 3 is 1.14 bits per heavy atom. The Bertz CT molecular complexity index is 94.9. The van der Waals surface area contributed by atoms with Gasteiger partial charge in [0.2, 0.25) is 0 Å². The summed E-state index contributed by atoms with van der Waals surface area (Å²) in [6.45, 7) is 0. The van der Waals surface area contributed by atoms with E-state index in [1.165, 1.54) is 0 Å². The van der Waals surface area contributed by atoms with Crippen molar-refractivity contribution in [3.63, 3.8) is 0 Å². The van der Waals surface area contributed by atoms with Gasteiger partial charge in [0.15, 0.2) is 0 Å². The van der Waals surface area contributed by atoms with Crippen molar-refractivity contribution in [2.75, 3.05) is 0 Å². The van der Waals surface area contributed by atoms with E-state index >= 15 is 0 Å². The first-order valence-corrected chi connectivity index (χ1v) is 2.10. The standard InChI is InChI=1S/Al.Ca.H2O4S/c;;1-5(2,3)4/h;;(H2,1,2,3,4)/q+3;+2;. The molecule has 0 radical (unpaired) electrons. The first-order valence-electron chi connectivity index (χ1n) is 0.698. The largest absolute Gasteiger partial charge is 3.00 e. The van der Waals surface area contributed by atoms with Crippen molar-refractivity contribution in [1.82, 2.24) is 0 Å². The maximum absolute atomic E-state index is 8.74. The van der Waals surface area contributed by atoms with Crippen molar-refractivity contribution in [3.05, 3.63) is 0 Å². The molecule has 0 saturated heterocycles. The van der Waals surface area contributed by atoms with Crippen molar-refractivity contribution < 1.29 is 17.5 Å². The normalized spacial score (nSPS) is 8.29. The molecule has 0 aromatic carbocycles. The number of hydrogen-bond acceptors (Lipinski definition) is 2. The predicted octanol–water partition coefficient (Wildman–Crippen LogP) is -1.41. The molecule has 0 amide bonds. The van der Waals surface area contributed by atoms with Gasteiger partial charge in [0.05, 0.1) is 0 Å². The van der Waals surface area contributed by atoms with Crippen LogP contribution in [-0.4, -0.2) is 72.6 Å². The van der Waals surface area contributed by atoms with E-state index in [1.54, 1.807) is 0 Å². The van der Waals surface area contributed by atoms with E-state index in [4.69, 9.17) is 17.5 Å². The Morgan fingerprint density at radius 1 is 1.14 bits per heavy atom. The minimum absolute atomic E-state index is 0. The molecule has 0 heterocycles. The van der Waals surface area contributed by atoms with E-state index < -0.39 is 10.4 Å². The molecule has 0 saturated carbocycles. The molecule has 32 valence electrons. The van der Waals surface area contributed by atoms with Crippen LogP contribution in [0.2, 0.25) is 0 Å². The van der Waals surface area contributed by atoms with Crippen molar-refractivity contribution >= 4 is 65.5 Å². The summed E-state index contributed by atoms with van der Waals surface area (Å²) in [5.41, 5.74) is 0. The molecule has 7 heteroatoms. The third-order valence-corrected chi connectivity index (χ3v) is 0. The Balaban J connectivity index is -0.0000000800. The van der Waals surface area contributed by atoms with Crippen LogP contribution in [0.3, 0.4) is 0 Å². The van der Waals surface area contributed by atoms with Crippen LogP contribution in [-0.2, 0) is 10.4 Å². The average Bonchev–Trinajstić information content (AvgIpc) is 0.722. The van der Waals surface area contributed by atoms with Crippen LogP contribution >= 0.6 is 0 Å². The quantitative estimate of drug-likeness (QED) is 0.341. The second-order valence-corrected chi connectivity index (χ2v) is 1.34. The average molecular weight is 165 g/mol. The fourth-order valence-corrected chi connectivity index (χ4v) is 0. The van der Waals surface area contributed by atoms with Gasteiger partial charge in [-0.2, -0.15) is 8.42 Å². The maximum atomic E-state index is 8.74. The zero-order valence-corrected chi connectivity index (χ0v) is 7.58. The maximum Gasteiger partial charge on any atom is 3.00 e. The SMILES string of the molecule is O=S(=O)(O)O.[Al+3].[Ca+2]. The molecular weight excluding hydrogens is 163 g/mol. The van der Waals surface area contributed by atoms with Crippen LogP contribution in [0.1, 0.15) is 0 Å². The molecule has 0 aromatic rings. The van der Waals surface area contributed by atoms with Crippen molar-refractivity contribution in [2.45, 2.75) is 0 Å². The minimum atomic E-state index is -4.67. The van der Waals surface area contributed by atoms with E-state index in [9.17, 15) is 0 Å². The molecule has 0 unspecified atom stereocenters. The van der Waals surface area contributed by atoms with Crippen LogP contribution < -0.4 is 0 Å². The summed E-state index contributed by atoms with van der Waals surface area (Å²) in [5, 5.41) is 0. The van der Waals surface area contributed by atoms with Gasteiger partial charge in [0.25, 0.3) is 0 Å². The molecule has 0 aromatic heterocycles. The molecule has 7 heavy (non-hydrogen) atoms. The fourth-order valence-electron chi connectivity index (χ4n) is 0. The van der Waals surface area contributed by atoms with Gasteiger partial charge in [0, 0.05) is 0 Å². The molecule has 0 aliphatic carbocycles. The smallest absolute Gasteiger partial charge is 0.264 e. The van der Waals surface area contributed by atoms with Gasteiger partial charge in [-0.05, 0) is 0 Å². The zero-order chi connectivity index (χ0) is 4.50. The zero-order valence-electron chi connectivity index (χ0n) is 3.40. The van der Waals surface area contributed by atoms with Gasteiger partial charge in [-0.3, -0.25) is 9.11 Å². The van der Waals surface area contributed by atoms with Gasteiger partial charge in [0.1, 0.15) is 0 Å². The van der Waals surface area contributed by atoms with Crippen LogP contribution in [0.15, 0.2) is 0 Å².